The van der Waals surface area contributed by atoms with Gasteiger partial charge in [-0.3, -0.25) is 19.2 Å². The molecule has 0 aliphatic heterocycles. The van der Waals surface area contributed by atoms with Crippen LogP contribution < -0.4 is 21.7 Å². The lowest BCUT2D eigenvalue weighted by molar-refractivity contribution is -0.142. The van der Waals surface area contributed by atoms with Crippen molar-refractivity contribution in [3.8, 4) is 0 Å². The van der Waals surface area contributed by atoms with Crippen molar-refractivity contribution in [1.29, 1.82) is 0 Å². The molecule has 3 amide bonds. The van der Waals surface area contributed by atoms with E-state index in [9.17, 15) is 34.2 Å². The van der Waals surface area contributed by atoms with Crippen molar-refractivity contribution < 1.29 is 39.3 Å². The molecule has 0 rings (SSSR count). The lowest BCUT2D eigenvalue weighted by Crippen LogP contribution is -2.58. The Balaban J connectivity index is 5.53. The summed E-state index contributed by atoms with van der Waals surface area (Å²) in [6, 6.07) is -4.91. The van der Waals surface area contributed by atoms with Crippen molar-refractivity contribution in [3.05, 3.63) is 0 Å². The summed E-state index contributed by atoms with van der Waals surface area (Å²) in [6.45, 7) is 4.90. The lowest BCUT2D eigenvalue weighted by atomic mass is 10.0. The minimum Gasteiger partial charge on any atom is -0.481 e. The highest BCUT2D eigenvalue weighted by Gasteiger charge is 2.31. The molecular formula is C20H36N4O8S. The van der Waals surface area contributed by atoms with E-state index in [0.29, 0.717) is 5.75 Å². The third kappa shape index (κ3) is 12.4. The molecule has 8 N–H and O–H groups in total. The molecule has 0 aromatic carbocycles. The van der Waals surface area contributed by atoms with Crippen LogP contribution in [0.3, 0.4) is 0 Å². The summed E-state index contributed by atoms with van der Waals surface area (Å²) in [4.78, 5) is 60.2. The molecule has 0 radical (unpaired) electrons. The molecule has 0 spiro atoms. The third-order valence-electron chi connectivity index (χ3n) is 4.67. The average molecular weight is 493 g/mol. The highest BCUT2D eigenvalue weighted by atomic mass is 32.2. The number of thioether (sulfide) groups is 1. The molecule has 0 aromatic heterocycles. The standard InChI is InChI=1S/C20H36N4O8S/c1-10(2)9-14(18(29)23-13(20(31)32)7-8-33-4)24-17(28)12(5-6-15(26)27)22-19(30)16(21)11(3)25/h10-14,16,25H,5-9,21H2,1-4H3,(H,22,30)(H,23,29)(H,24,28)(H,26,27)(H,31,32). The van der Waals surface area contributed by atoms with E-state index in [0.717, 1.165) is 0 Å². The summed E-state index contributed by atoms with van der Waals surface area (Å²) in [6.07, 6.45) is 0.248. The minimum absolute atomic E-state index is 0.0498. The summed E-state index contributed by atoms with van der Waals surface area (Å²) in [7, 11) is 0. The van der Waals surface area contributed by atoms with Crippen LogP contribution in [0.1, 0.15) is 46.5 Å². The zero-order valence-corrected chi connectivity index (χ0v) is 20.2. The first-order valence-corrected chi connectivity index (χ1v) is 12.0. The van der Waals surface area contributed by atoms with E-state index in [1.54, 1.807) is 20.1 Å². The maximum absolute atomic E-state index is 12.9. The Bertz CT molecular complexity index is 689. The molecule has 0 aliphatic rings. The van der Waals surface area contributed by atoms with Gasteiger partial charge in [-0.05, 0) is 44.1 Å². The number of hydrogen-bond acceptors (Lipinski definition) is 8. The van der Waals surface area contributed by atoms with E-state index in [4.69, 9.17) is 10.8 Å². The molecule has 13 heteroatoms. The number of aliphatic hydroxyl groups excluding tert-OH is 1. The van der Waals surface area contributed by atoms with Gasteiger partial charge < -0.3 is 37.0 Å². The van der Waals surface area contributed by atoms with Gasteiger partial charge in [0.1, 0.15) is 24.2 Å². The van der Waals surface area contributed by atoms with E-state index < -0.39 is 66.4 Å². The number of carbonyl (C=O) groups is 5. The van der Waals surface area contributed by atoms with Crippen LogP contribution in [0, 0.1) is 5.92 Å². The normalized spacial score (nSPS) is 15.6. The summed E-state index contributed by atoms with van der Waals surface area (Å²) in [5.74, 6) is -4.32. The van der Waals surface area contributed by atoms with E-state index in [2.05, 4.69) is 16.0 Å². The molecule has 190 valence electrons. The average Bonchev–Trinajstić information content (AvgIpc) is 2.71. The van der Waals surface area contributed by atoms with Crippen LogP contribution in [0.5, 0.6) is 0 Å². The Morgan fingerprint density at radius 3 is 1.82 bits per heavy atom. The highest BCUT2D eigenvalue weighted by molar-refractivity contribution is 7.98. The number of rotatable bonds is 16. The molecule has 0 aromatic rings. The number of nitrogens with two attached hydrogens (primary N) is 1. The molecule has 33 heavy (non-hydrogen) atoms. The number of aliphatic hydroxyl groups is 1. The van der Waals surface area contributed by atoms with Gasteiger partial charge in [0.15, 0.2) is 0 Å². The monoisotopic (exact) mass is 492 g/mol. The van der Waals surface area contributed by atoms with Crippen LogP contribution in [0.4, 0.5) is 0 Å². The maximum Gasteiger partial charge on any atom is 0.326 e. The Hall–Kier alpha value is -2.38. The van der Waals surface area contributed by atoms with Crippen LogP contribution in [0.25, 0.3) is 0 Å². The van der Waals surface area contributed by atoms with Crippen LogP contribution in [-0.2, 0) is 24.0 Å². The maximum atomic E-state index is 12.9. The Labute approximate surface area is 197 Å². The molecular weight excluding hydrogens is 456 g/mol. The van der Waals surface area contributed by atoms with Crippen LogP contribution in [0.15, 0.2) is 0 Å². The van der Waals surface area contributed by atoms with Gasteiger partial charge in [0.05, 0.1) is 6.10 Å². The van der Waals surface area contributed by atoms with Crippen molar-refractivity contribution in [2.75, 3.05) is 12.0 Å². The van der Waals surface area contributed by atoms with Gasteiger partial charge in [-0.2, -0.15) is 11.8 Å². The fourth-order valence-corrected chi connectivity index (χ4v) is 3.24. The Morgan fingerprint density at radius 2 is 1.36 bits per heavy atom. The molecule has 5 unspecified atom stereocenters. The zero-order valence-electron chi connectivity index (χ0n) is 19.4. The second-order valence-electron chi connectivity index (χ2n) is 8.13. The molecule has 0 saturated carbocycles. The Morgan fingerprint density at radius 1 is 0.848 bits per heavy atom. The number of aliphatic carboxylic acids is 2. The predicted molar refractivity (Wildman–Crippen MR) is 122 cm³/mol. The molecule has 0 aliphatic carbocycles. The minimum atomic E-state index is -1.34. The second kappa shape index (κ2) is 15.5. The van der Waals surface area contributed by atoms with Crippen molar-refractivity contribution >= 4 is 41.4 Å². The molecule has 0 bridgehead atoms. The van der Waals surface area contributed by atoms with Crippen molar-refractivity contribution in [3.63, 3.8) is 0 Å². The lowest BCUT2D eigenvalue weighted by Gasteiger charge is -2.26. The van der Waals surface area contributed by atoms with Crippen molar-refractivity contribution in [1.82, 2.24) is 16.0 Å². The predicted octanol–water partition coefficient (Wildman–Crippen LogP) is -1.10. The smallest absolute Gasteiger partial charge is 0.326 e. The Kier molecular flexibility index (Phi) is 14.3. The van der Waals surface area contributed by atoms with Gasteiger partial charge in [0, 0.05) is 6.42 Å². The van der Waals surface area contributed by atoms with Crippen molar-refractivity contribution in [2.45, 2.75) is 76.7 Å². The first kappa shape index (κ1) is 30.6. The van der Waals surface area contributed by atoms with E-state index in [1.807, 2.05) is 0 Å². The number of nitrogens with one attached hydrogen (secondary N) is 3. The van der Waals surface area contributed by atoms with Gasteiger partial charge in [-0.15, -0.1) is 0 Å². The molecule has 0 fully saturated rings. The van der Waals surface area contributed by atoms with Gasteiger partial charge in [-0.25, -0.2) is 4.79 Å². The highest BCUT2D eigenvalue weighted by Crippen LogP contribution is 2.09. The van der Waals surface area contributed by atoms with Crippen LogP contribution in [0.2, 0.25) is 0 Å². The number of amides is 3. The SMILES string of the molecule is CSCCC(NC(=O)C(CC(C)C)NC(=O)C(CCC(=O)O)NC(=O)C(N)C(C)O)C(=O)O. The molecule has 0 saturated heterocycles. The summed E-state index contributed by atoms with van der Waals surface area (Å²) in [5, 5.41) is 35.0. The fourth-order valence-electron chi connectivity index (χ4n) is 2.76. The largest absolute Gasteiger partial charge is 0.481 e. The first-order chi connectivity index (χ1) is 15.3. The topological polar surface area (TPSA) is 208 Å². The molecule has 0 heterocycles. The van der Waals surface area contributed by atoms with Gasteiger partial charge in [0.25, 0.3) is 0 Å². The number of hydrogen-bond donors (Lipinski definition) is 7. The third-order valence-corrected chi connectivity index (χ3v) is 5.31. The number of carboxylic acid groups (broad SMARTS) is 2. The second-order valence-corrected chi connectivity index (χ2v) is 9.12. The van der Waals surface area contributed by atoms with Crippen molar-refractivity contribution in [2.24, 2.45) is 11.7 Å². The first-order valence-electron chi connectivity index (χ1n) is 10.6. The zero-order chi connectivity index (χ0) is 25.7. The van der Waals surface area contributed by atoms with Crippen LogP contribution in [-0.4, -0.2) is 87.3 Å². The summed E-state index contributed by atoms with van der Waals surface area (Å²) >= 11 is 1.43. The summed E-state index contributed by atoms with van der Waals surface area (Å²) in [5.41, 5.74) is 5.57. The summed E-state index contributed by atoms with van der Waals surface area (Å²) < 4.78 is 0. The molecule has 12 nitrogen and oxygen atoms in total. The van der Waals surface area contributed by atoms with E-state index >= 15 is 0 Å². The van der Waals surface area contributed by atoms with E-state index in [-0.39, 0.29) is 25.2 Å². The number of carboxylic acids is 2. The van der Waals surface area contributed by atoms with Gasteiger partial charge in [0.2, 0.25) is 17.7 Å². The number of carbonyl (C=O) groups excluding carboxylic acids is 3. The van der Waals surface area contributed by atoms with Crippen LogP contribution >= 0.6 is 11.8 Å². The molecule has 5 atom stereocenters. The van der Waals surface area contributed by atoms with E-state index in [1.165, 1.54) is 18.7 Å². The van der Waals surface area contributed by atoms with Gasteiger partial charge in [-0.1, -0.05) is 13.8 Å². The quantitative estimate of drug-likeness (QED) is 0.138. The fraction of sp³-hybridized carbons (Fsp3) is 0.750. The van der Waals surface area contributed by atoms with Gasteiger partial charge >= 0.3 is 11.9 Å².